The van der Waals surface area contributed by atoms with Crippen LogP contribution in [-0.2, 0) is 14.3 Å². The van der Waals surface area contributed by atoms with Gasteiger partial charge in [-0.3, -0.25) is 9.59 Å². The number of benzene rings is 1. The summed E-state index contributed by atoms with van der Waals surface area (Å²) < 4.78 is 4.57. The first kappa shape index (κ1) is 18.8. The minimum absolute atomic E-state index is 0.0740. The van der Waals surface area contributed by atoms with Gasteiger partial charge in [0, 0.05) is 37.3 Å². The van der Waals surface area contributed by atoms with E-state index in [9.17, 15) is 14.4 Å². The lowest BCUT2D eigenvalue weighted by molar-refractivity contribution is -0.140. The van der Waals surface area contributed by atoms with E-state index < -0.39 is 5.97 Å². The van der Waals surface area contributed by atoms with Crippen LogP contribution in [0.3, 0.4) is 0 Å². The first-order chi connectivity index (χ1) is 10.9. The number of methoxy groups -OCH3 is 1. The zero-order valence-electron chi connectivity index (χ0n) is 13.1. The monoisotopic (exact) mass is 341 g/mol. The largest absolute Gasteiger partial charge is 0.469 e. The number of carbonyl (C=O) groups excluding carboxylic acids is 3. The quantitative estimate of drug-likeness (QED) is 0.741. The average Bonchev–Trinajstić information content (AvgIpc) is 2.52. The molecular formula is C15H20ClN3O4. The van der Waals surface area contributed by atoms with Crippen molar-refractivity contribution in [1.82, 2.24) is 10.2 Å². The average molecular weight is 342 g/mol. The fraction of sp³-hybridized carbons (Fsp3) is 0.400. The molecule has 0 unspecified atom stereocenters. The molecule has 0 atom stereocenters. The molecule has 1 rings (SSSR count). The Labute approximate surface area is 139 Å². The number of amides is 3. The molecule has 0 aromatic heterocycles. The van der Waals surface area contributed by atoms with Crippen LogP contribution in [0.2, 0.25) is 5.02 Å². The first-order valence-corrected chi connectivity index (χ1v) is 7.43. The fourth-order valence-electron chi connectivity index (χ4n) is 1.75. The first-order valence-electron chi connectivity index (χ1n) is 7.05. The molecule has 0 aliphatic heterocycles. The molecule has 2 N–H and O–H groups in total. The molecule has 126 valence electrons. The number of hydrogen-bond acceptors (Lipinski definition) is 4. The number of ether oxygens (including phenoxy) is 1. The van der Waals surface area contributed by atoms with Gasteiger partial charge in [-0.1, -0.05) is 11.6 Å². The minimum Gasteiger partial charge on any atom is -0.469 e. The van der Waals surface area contributed by atoms with E-state index in [1.165, 1.54) is 18.9 Å². The Hall–Kier alpha value is -2.28. The third-order valence-electron chi connectivity index (χ3n) is 2.95. The Balaban J connectivity index is 2.63. The Morgan fingerprint density at radius 1 is 1.17 bits per heavy atom. The smallest absolute Gasteiger partial charge is 0.321 e. The molecule has 1 aromatic carbocycles. The molecule has 0 fully saturated rings. The molecule has 0 saturated carbocycles. The zero-order chi connectivity index (χ0) is 17.2. The fourth-order valence-corrected chi connectivity index (χ4v) is 1.87. The van der Waals surface area contributed by atoms with Gasteiger partial charge in [0.1, 0.15) is 0 Å². The van der Waals surface area contributed by atoms with Crippen molar-refractivity contribution in [3.8, 4) is 0 Å². The Morgan fingerprint density at radius 2 is 1.83 bits per heavy atom. The van der Waals surface area contributed by atoms with Crippen LogP contribution in [-0.4, -0.2) is 49.6 Å². The molecule has 3 amide bonds. The topological polar surface area (TPSA) is 87.7 Å². The van der Waals surface area contributed by atoms with Gasteiger partial charge in [0.15, 0.2) is 0 Å². The predicted molar refractivity (Wildman–Crippen MR) is 87.4 cm³/mol. The van der Waals surface area contributed by atoms with Gasteiger partial charge in [0.25, 0.3) is 0 Å². The maximum atomic E-state index is 12.3. The third kappa shape index (κ3) is 7.51. The van der Waals surface area contributed by atoms with Crippen LogP contribution in [0.4, 0.5) is 10.5 Å². The van der Waals surface area contributed by atoms with E-state index in [-0.39, 0.29) is 31.4 Å². The zero-order valence-corrected chi connectivity index (χ0v) is 13.9. The second-order valence-electron chi connectivity index (χ2n) is 4.73. The molecule has 7 nitrogen and oxygen atoms in total. The van der Waals surface area contributed by atoms with Crippen molar-refractivity contribution in [1.29, 1.82) is 0 Å². The van der Waals surface area contributed by atoms with Crippen molar-refractivity contribution >= 4 is 35.2 Å². The molecule has 0 aliphatic rings. The molecule has 0 spiro atoms. The van der Waals surface area contributed by atoms with Crippen molar-refractivity contribution in [3.05, 3.63) is 29.3 Å². The third-order valence-corrected chi connectivity index (χ3v) is 3.20. The van der Waals surface area contributed by atoms with E-state index >= 15 is 0 Å². The summed E-state index contributed by atoms with van der Waals surface area (Å²) in [5.74, 6) is -0.593. The summed E-state index contributed by atoms with van der Waals surface area (Å²) in [5.41, 5.74) is 0.585. The summed E-state index contributed by atoms with van der Waals surface area (Å²) in [6.07, 6.45) is 0.0740. The maximum absolute atomic E-state index is 12.3. The van der Waals surface area contributed by atoms with Gasteiger partial charge < -0.3 is 20.3 Å². The molecule has 1 aromatic rings. The van der Waals surface area contributed by atoms with Gasteiger partial charge >= 0.3 is 12.0 Å². The molecule has 0 saturated heterocycles. The number of esters is 1. The van der Waals surface area contributed by atoms with Gasteiger partial charge in [0.2, 0.25) is 5.91 Å². The summed E-state index contributed by atoms with van der Waals surface area (Å²) in [4.78, 5) is 35.9. The predicted octanol–water partition coefficient (Wildman–Crippen LogP) is 1.87. The SMILES string of the molecule is COC(=O)CCN(CCNC(C)=O)C(=O)Nc1ccc(Cl)cc1. The molecule has 0 aliphatic carbocycles. The highest BCUT2D eigenvalue weighted by molar-refractivity contribution is 6.30. The second kappa shape index (κ2) is 9.68. The lowest BCUT2D eigenvalue weighted by atomic mass is 10.3. The normalized spacial score (nSPS) is 9.87. The maximum Gasteiger partial charge on any atom is 0.321 e. The van der Waals surface area contributed by atoms with Crippen molar-refractivity contribution in [3.63, 3.8) is 0 Å². The van der Waals surface area contributed by atoms with Crippen LogP contribution in [0, 0.1) is 0 Å². The Bertz CT molecular complexity index is 548. The lowest BCUT2D eigenvalue weighted by Crippen LogP contribution is -2.41. The number of hydrogen-bond donors (Lipinski definition) is 2. The standard InChI is InChI=1S/C15H20ClN3O4/c1-11(20)17-8-10-19(9-7-14(21)23-2)15(22)18-13-5-3-12(16)4-6-13/h3-6H,7-10H2,1-2H3,(H,17,20)(H,18,22). The van der Waals surface area contributed by atoms with E-state index in [2.05, 4.69) is 15.4 Å². The molecule has 0 radical (unpaired) electrons. The molecule has 8 heteroatoms. The summed E-state index contributed by atoms with van der Waals surface area (Å²) in [6, 6.07) is 6.29. The minimum atomic E-state index is -0.408. The summed E-state index contributed by atoms with van der Waals surface area (Å²) in [7, 11) is 1.29. The number of urea groups is 1. The molecular weight excluding hydrogens is 322 g/mol. The van der Waals surface area contributed by atoms with E-state index in [0.717, 1.165) is 0 Å². The summed E-state index contributed by atoms with van der Waals surface area (Å²) >= 11 is 5.79. The second-order valence-corrected chi connectivity index (χ2v) is 5.17. The number of rotatable bonds is 7. The highest BCUT2D eigenvalue weighted by atomic mass is 35.5. The molecule has 0 heterocycles. The highest BCUT2D eigenvalue weighted by Crippen LogP contribution is 2.14. The van der Waals surface area contributed by atoms with E-state index in [1.807, 2.05) is 0 Å². The van der Waals surface area contributed by atoms with Crippen LogP contribution >= 0.6 is 11.6 Å². The van der Waals surface area contributed by atoms with Gasteiger partial charge in [0.05, 0.1) is 13.5 Å². The van der Waals surface area contributed by atoms with Crippen LogP contribution in [0.15, 0.2) is 24.3 Å². The number of halogens is 1. The highest BCUT2D eigenvalue weighted by Gasteiger charge is 2.15. The van der Waals surface area contributed by atoms with E-state index in [4.69, 9.17) is 11.6 Å². The number of nitrogens with one attached hydrogen (secondary N) is 2. The van der Waals surface area contributed by atoms with Crippen LogP contribution in [0.25, 0.3) is 0 Å². The van der Waals surface area contributed by atoms with Gasteiger partial charge in [-0.15, -0.1) is 0 Å². The Morgan fingerprint density at radius 3 is 2.39 bits per heavy atom. The van der Waals surface area contributed by atoms with Crippen LogP contribution in [0.5, 0.6) is 0 Å². The van der Waals surface area contributed by atoms with Crippen molar-refractivity contribution in [2.45, 2.75) is 13.3 Å². The van der Waals surface area contributed by atoms with Gasteiger partial charge in [-0.05, 0) is 24.3 Å². The summed E-state index contributed by atoms with van der Waals surface area (Å²) in [6.45, 7) is 2.15. The van der Waals surface area contributed by atoms with Gasteiger partial charge in [-0.2, -0.15) is 0 Å². The van der Waals surface area contributed by atoms with Crippen molar-refractivity contribution < 1.29 is 19.1 Å². The van der Waals surface area contributed by atoms with Gasteiger partial charge in [-0.25, -0.2) is 4.79 Å². The summed E-state index contributed by atoms with van der Waals surface area (Å²) in [5, 5.41) is 5.89. The number of anilines is 1. The number of carbonyl (C=O) groups is 3. The van der Waals surface area contributed by atoms with Crippen LogP contribution in [0.1, 0.15) is 13.3 Å². The number of nitrogens with zero attached hydrogens (tertiary/aromatic N) is 1. The Kier molecular flexibility index (Phi) is 7.90. The lowest BCUT2D eigenvalue weighted by Gasteiger charge is -2.22. The molecule has 0 bridgehead atoms. The van der Waals surface area contributed by atoms with Crippen molar-refractivity contribution in [2.75, 3.05) is 32.1 Å². The van der Waals surface area contributed by atoms with Crippen molar-refractivity contribution in [2.24, 2.45) is 0 Å². The van der Waals surface area contributed by atoms with E-state index in [1.54, 1.807) is 24.3 Å². The van der Waals surface area contributed by atoms with Crippen LogP contribution < -0.4 is 10.6 Å². The van der Waals surface area contributed by atoms with E-state index in [0.29, 0.717) is 17.3 Å². The molecule has 23 heavy (non-hydrogen) atoms.